The van der Waals surface area contributed by atoms with Crippen molar-refractivity contribution in [3.63, 3.8) is 0 Å². The zero-order valence-electron chi connectivity index (χ0n) is 10.8. The first kappa shape index (κ1) is 14.0. The molecule has 0 heterocycles. The lowest BCUT2D eigenvalue weighted by molar-refractivity contribution is 0.0595. The Morgan fingerprint density at radius 2 is 2.00 bits per heavy atom. The van der Waals surface area contributed by atoms with Crippen molar-refractivity contribution in [3.8, 4) is 0 Å². The summed E-state index contributed by atoms with van der Waals surface area (Å²) in [6, 6.07) is 10.2. The quantitative estimate of drug-likeness (QED) is 0.871. The number of nitrogens with one attached hydrogen (secondary N) is 1. The molecule has 0 aromatic heterocycles. The highest BCUT2D eigenvalue weighted by molar-refractivity contribution is 5.89. The van der Waals surface area contributed by atoms with Gasteiger partial charge in [-0.2, -0.15) is 0 Å². The van der Waals surface area contributed by atoms with Crippen molar-refractivity contribution >= 4 is 11.7 Å². The normalized spacial score (nSPS) is 10.2. The van der Waals surface area contributed by atoms with Gasteiger partial charge in [0.1, 0.15) is 11.6 Å². The zero-order valence-corrected chi connectivity index (χ0v) is 10.8. The van der Waals surface area contributed by atoms with Crippen LogP contribution in [0, 0.1) is 11.6 Å². The monoisotopic (exact) mass is 277 g/mol. The maximum Gasteiger partial charge on any atom is 0.340 e. The predicted molar refractivity (Wildman–Crippen MR) is 71.5 cm³/mol. The van der Waals surface area contributed by atoms with Gasteiger partial charge in [-0.25, -0.2) is 13.6 Å². The van der Waals surface area contributed by atoms with E-state index in [1.165, 1.54) is 31.4 Å². The Morgan fingerprint density at radius 1 is 1.20 bits per heavy atom. The molecule has 0 fully saturated rings. The molecule has 2 aromatic carbocycles. The number of carbonyl (C=O) groups is 1. The number of benzene rings is 2. The molecule has 0 spiro atoms. The molecule has 0 saturated heterocycles. The predicted octanol–water partition coefficient (Wildman–Crippen LogP) is 3.36. The highest BCUT2D eigenvalue weighted by Gasteiger charge is 2.12. The molecule has 3 nitrogen and oxygen atoms in total. The molecular formula is C15H13F2NO2. The summed E-state index contributed by atoms with van der Waals surface area (Å²) in [5.41, 5.74) is 1.13. The number of hydrogen-bond acceptors (Lipinski definition) is 3. The third kappa shape index (κ3) is 3.32. The van der Waals surface area contributed by atoms with Crippen LogP contribution in [0.2, 0.25) is 0 Å². The lowest BCUT2D eigenvalue weighted by Crippen LogP contribution is -2.06. The second-order valence-corrected chi connectivity index (χ2v) is 4.17. The number of esters is 1. The van der Waals surface area contributed by atoms with Crippen LogP contribution >= 0.6 is 0 Å². The maximum atomic E-state index is 13.7. The lowest BCUT2D eigenvalue weighted by Gasteiger charge is -2.08. The van der Waals surface area contributed by atoms with Crippen LogP contribution in [0.3, 0.4) is 0 Å². The number of carbonyl (C=O) groups excluding carboxylic acids is 1. The summed E-state index contributed by atoms with van der Waals surface area (Å²) in [5.74, 6) is -1.70. The van der Waals surface area contributed by atoms with E-state index in [4.69, 9.17) is 0 Å². The van der Waals surface area contributed by atoms with Gasteiger partial charge in [-0.15, -0.1) is 0 Å². The highest BCUT2D eigenvalue weighted by Crippen LogP contribution is 2.14. The highest BCUT2D eigenvalue weighted by atomic mass is 19.1. The lowest BCUT2D eigenvalue weighted by atomic mass is 10.1. The van der Waals surface area contributed by atoms with Gasteiger partial charge in [0.05, 0.1) is 12.7 Å². The van der Waals surface area contributed by atoms with Gasteiger partial charge in [-0.3, -0.25) is 0 Å². The van der Waals surface area contributed by atoms with Crippen LogP contribution in [0.15, 0.2) is 42.5 Å². The number of methoxy groups -OCH3 is 1. The van der Waals surface area contributed by atoms with Crippen LogP contribution in [-0.4, -0.2) is 13.1 Å². The number of hydrogen-bond donors (Lipinski definition) is 1. The summed E-state index contributed by atoms with van der Waals surface area (Å²) < 4.78 is 31.1. The Hall–Kier alpha value is -2.43. The van der Waals surface area contributed by atoms with Crippen molar-refractivity contribution in [3.05, 3.63) is 65.2 Å². The van der Waals surface area contributed by atoms with Crippen molar-refractivity contribution in [2.75, 3.05) is 12.4 Å². The molecule has 0 aliphatic rings. The minimum absolute atomic E-state index is 0.109. The first-order chi connectivity index (χ1) is 9.60. The van der Waals surface area contributed by atoms with Gasteiger partial charge in [0.2, 0.25) is 0 Å². The summed E-state index contributed by atoms with van der Waals surface area (Å²) in [7, 11) is 1.20. The van der Waals surface area contributed by atoms with E-state index >= 15 is 0 Å². The molecule has 0 saturated carbocycles. The molecule has 0 aliphatic heterocycles. The molecule has 2 aromatic rings. The zero-order chi connectivity index (χ0) is 14.5. The second kappa shape index (κ2) is 6.14. The minimum atomic E-state index is -0.716. The Bertz CT molecular complexity index is 629. The smallest absolute Gasteiger partial charge is 0.340 e. The Balaban J connectivity index is 2.07. The summed E-state index contributed by atoms with van der Waals surface area (Å²) in [4.78, 5) is 11.2. The van der Waals surface area contributed by atoms with Crippen LogP contribution in [0.1, 0.15) is 15.9 Å². The average Bonchev–Trinajstić information content (AvgIpc) is 2.44. The standard InChI is InChI=1S/C15H13F2NO2/c1-20-15(19)13-6-5-10(7-14(13)17)9-18-12-4-2-3-11(16)8-12/h2-8,18H,9H2,1H3. The van der Waals surface area contributed by atoms with E-state index < -0.39 is 11.8 Å². The van der Waals surface area contributed by atoms with Crippen molar-refractivity contribution in [2.45, 2.75) is 6.54 Å². The first-order valence-corrected chi connectivity index (χ1v) is 5.96. The Kier molecular flexibility index (Phi) is 4.30. The molecule has 2 rings (SSSR count). The van der Waals surface area contributed by atoms with Gasteiger partial charge in [-0.1, -0.05) is 12.1 Å². The fraction of sp³-hybridized carbons (Fsp3) is 0.133. The molecule has 5 heteroatoms. The fourth-order valence-corrected chi connectivity index (χ4v) is 1.75. The van der Waals surface area contributed by atoms with Crippen LogP contribution < -0.4 is 5.32 Å². The van der Waals surface area contributed by atoms with Crippen molar-refractivity contribution in [1.82, 2.24) is 0 Å². The Morgan fingerprint density at radius 3 is 2.65 bits per heavy atom. The maximum absolute atomic E-state index is 13.7. The molecule has 0 aliphatic carbocycles. The molecule has 20 heavy (non-hydrogen) atoms. The fourth-order valence-electron chi connectivity index (χ4n) is 1.75. The summed E-state index contributed by atoms with van der Waals surface area (Å²) in [6.07, 6.45) is 0. The van der Waals surface area contributed by atoms with E-state index in [1.807, 2.05) is 0 Å². The van der Waals surface area contributed by atoms with Crippen molar-refractivity contribution < 1.29 is 18.3 Å². The molecule has 0 radical (unpaired) electrons. The molecule has 0 unspecified atom stereocenters. The number of anilines is 1. The van der Waals surface area contributed by atoms with Crippen molar-refractivity contribution in [2.24, 2.45) is 0 Å². The van der Waals surface area contributed by atoms with Gasteiger partial charge < -0.3 is 10.1 Å². The Labute approximate surface area is 115 Å². The average molecular weight is 277 g/mol. The van der Waals surface area contributed by atoms with E-state index in [0.717, 1.165) is 0 Å². The third-order valence-corrected chi connectivity index (χ3v) is 2.76. The number of halogens is 2. The molecular weight excluding hydrogens is 264 g/mol. The third-order valence-electron chi connectivity index (χ3n) is 2.76. The van der Waals surface area contributed by atoms with E-state index in [1.54, 1.807) is 18.2 Å². The van der Waals surface area contributed by atoms with Crippen LogP contribution in [-0.2, 0) is 11.3 Å². The van der Waals surface area contributed by atoms with Crippen LogP contribution in [0.5, 0.6) is 0 Å². The largest absolute Gasteiger partial charge is 0.465 e. The minimum Gasteiger partial charge on any atom is -0.465 e. The molecule has 0 bridgehead atoms. The molecule has 0 atom stereocenters. The first-order valence-electron chi connectivity index (χ1n) is 5.96. The molecule has 1 N–H and O–H groups in total. The van der Waals surface area contributed by atoms with Gasteiger partial charge >= 0.3 is 5.97 Å². The number of ether oxygens (including phenoxy) is 1. The van der Waals surface area contributed by atoms with Gasteiger partial charge in [0, 0.05) is 12.2 Å². The van der Waals surface area contributed by atoms with E-state index in [0.29, 0.717) is 17.8 Å². The second-order valence-electron chi connectivity index (χ2n) is 4.17. The van der Waals surface area contributed by atoms with Crippen LogP contribution in [0.25, 0.3) is 0 Å². The van der Waals surface area contributed by atoms with E-state index in [2.05, 4.69) is 10.1 Å². The summed E-state index contributed by atoms with van der Waals surface area (Å²) in [6.45, 7) is 0.321. The number of rotatable bonds is 4. The summed E-state index contributed by atoms with van der Waals surface area (Å²) in [5, 5.41) is 2.97. The van der Waals surface area contributed by atoms with Crippen LogP contribution in [0.4, 0.5) is 14.5 Å². The molecule has 0 amide bonds. The van der Waals surface area contributed by atoms with Gasteiger partial charge in [0.25, 0.3) is 0 Å². The molecule has 104 valence electrons. The van der Waals surface area contributed by atoms with Gasteiger partial charge in [0.15, 0.2) is 0 Å². The van der Waals surface area contributed by atoms with Gasteiger partial charge in [-0.05, 0) is 35.9 Å². The van der Waals surface area contributed by atoms with E-state index in [-0.39, 0.29) is 11.4 Å². The SMILES string of the molecule is COC(=O)c1ccc(CNc2cccc(F)c2)cc1F. The van der Waals surface area contributed by atoms with Crippen molar-refractivity contribution in [1.29, 1.82) is 0 Å². The van der Waals surface area contributed by atoms with E-state index in [9.17, 15) is 13.6 Å². The summed E-state index contributed by atoms with van der Waals surface area (Å²) >= 11 is 0. The topological polar surface area (TPSA) is 38.3 Å².